The molecule has 0 spiro atoms. The van der Waals surface area contributed by atoms with Gasteiger partial charge in [-0.1, -0.05) is 37.6 Å². The molecular formula is C19H25O7PS. The molecule has 154 valence electrons. The number of ether oxygens (including phenoxy) is 1. The van der Waals surface area contributed by atoms with Crippen LogP contribution in [0.2, 0.25) is 0 Å². The van der Waals surface area contributed by atoms with E-state index in [0.717, 1.165) is 24.2 Å². The molecule has 1 unspecified atom stereocenters. The van der Waals surface area contributed by atoms with Crippen molar-refractivity contribution in [2.24, 2.45) is 0 Å². The molecule has 0 fully saturated rings. The molecule has 0 heterocycles. The molecule has 2 aromatic carbocycles. The quantitative estimate of drug-likeness (QED) is 0.389. The van der Waals surface area contributed by atoms with Crippen molar-refractivity contribution in [3.8, 4) is 11.5 Å². The number of hydrogen-bond donors (Lipinski definition) is 3. The van der Waals surface area contributed by atoms with E-state index >= 15 is 0 Å². The Bertz CT molecular complexity index is 920. The third-order valence-electron chi connectivity index (χ3n) is 4.24. The van der Waals surface area contributed by atoms with E-state index in [1.807, 2.05) is 24.3 Å². The van der Waals surface area contributed by atoms with Gasteiger partial charge in [0.2, 0.25) is 0 Å². The van der Waals surface area contributed by atoms with Crippen LogP contribution in [0.15, 0.2) is 48.5 Å². The molecule has 7 nitrogen and oxygen atoms in total. The summed E-state index contributed by atoms with van der Waals surface area (Å²) < 4.78 is 48.1. The van der Waals surface area contributed by atoms with Crippen LogP contribution >= 0.6 is 7.60 Å². The fourth-order valence-electron chi connectivity index (χ4n) is 2.84. The lowest BCUT2D eigenvalue weighted by atomic mass is 10.1. The summed E-state index contributed by atoms with van der Waals surface area (Å²) in [6, 6.07) is 14.8. The molecule has 0 saturated heterocycles. The molecule has 0 saturated carbocycles. The van der Waals surface area contributed by atoms with Gasteiger partial charge in [-0.15, -0.1) is 0 Å². The molecule has 0 radical (unpaired) electrons. The SMILES string of the molecule is CCCc1cccc(Oc2ccc(CCC(CS(=O)(=O)O)P(=O)(O)O)cc2)c1. The van der Waals surface area contributed by atoms with Gasteiger partial charge in [0.1, 0.15) is 11.5 Å². The maximum absolute atomic E-state index is 11.5. The van der Waals surface area contributed by atoms with Gasteiger partial charge in [0, 0.05) is 0 Å². The van der Waals surface area contributed by atoms with Crippen LogP contribution in [0.3, 0.4) is 0 Å². The minimum Gasteiger partial charge on any atom is -0.457 e. The zero-order valence-electron chi connectivity index (χ0n) is 15.6. The van der Waals surface area contributed by atoms with Crippen LogP contribution in [0, 0.1) is 0 Å². The number of benzene rings is 2. The maximum Gasteiger partial charge on any atom is 0.329 e. The highest BCUT2D eigenvalue weighted by atomic mass is 32.2. The minimum absolute atomic E-state index is 0.0661. The molecule has 0 amide bonds. The average Bonchev–Trinajstić information content (AvgIpc) is 2.59. The molecule has 0 aromatic heterocycles. The molecule has 28 heavy (non-hydrogen) atoms. The lowest BCUT2D eigenvalue weighted by Crippen LogP contribution is -2.21. The minimum atomic E-state index is -4.64. The van der Waals surface area contributed by atoms with E-state index in [4.69, 9.17) is 9.29 Å². The second kappa shape index (κ2) is 9.67. The van der Waals surface area contributed by atoms with E-state index in [0.29, 0.717) is 5.75 Å². The van der Waals surface area contributed by atoms with E-state index in [1.165, 1.54) is 5.56 Å². The van der Waals surface area contributed by atoms with Crippen LogP contribution in [0.25, 0.3) is 0 Å². The molecule has 1 atom stereocenters. The van der Waals surface area contributed by atoms with Crippen molar-refractivity contribution in [2.75, 3.05) is 5.75 Å². The van der Waals surface area contributed by atoms with Gasteiger partial charge in [-0.05, 0) is 54.7 Å². The van der Waals surface area contributed by atoms with Crippen molar-refractivity contribution in [1.82, 2.24) is 0 Å². The van der Waals surface area contributed by atoms with Crippen molar-refractivity contribution >= 4 is 17.7 Å². The first-order valence-electron chi connectivity index (χ1n) is 8.93. The molecule has 0 aliphatic heterocycles. The summed E-state index contributed by atoms with van der Waals surface area (Å²) in [6.45, 7) is 2.11. The fraction of sp³-hybridized carbons (Fsp3) is 0.368. The Morgan fingerprint density at radius 1 is 1.00 bits per heavy atom. The lowest BCUT2D eigenvalue weighted by molar-refractivity contribution is 0.356. The van der Waals surface area contributed by atoms with Crippen LogP contribution < -0.4 is 4.74 Å². The smallest absolute Gasteiger partial charge is 0.329 e. The Hall–Kier alpha value is -1.70. The van der Waals surface area contributed by atoms with E-state index < -0.39 is 29.1 Å². The van der Waals surface area contributed by atoms with Gasteiger partial charge in [0.15, 0.2) is 0 Å². The molecular weight excluding hydrogens is 403 g/mol. The Labute approximate surface area is 165 Å². The van der Waals surface area contributed by atoms with E-state index in [2.05, 4.69) is 6.92 Å². The highest BCUT2D eigenvalue weighted by Crippen LogP contribution is 2.44. The van der Waals surface area contributed by atoms with Gasteiger partial charge in [-0.3, -0.25) is 9.12 Å². The second-order valence-electron chi connectivity index (χ2n) is 6.67. The summed E-state index contributed by atoms with van der Waals surface area (Å²) in [4.78, 5) is 18.6. The Balaban J connectivity index is 2.00. The van der Waals surface area contributed by atoms with Crippen LogP contribution in [0.1, 0.15) is 30.9 Å². The summed E-state index contributed by atoms with van der Waals surface area (Å²) in [7, 11) is -9.11. The predicted molar refractivity (Wildman–Crippen MR) is 108 cm³/mol. The van der Waals surface area contributed by atoms with Crippen molar-refractivity contribution in [2.45, 2.75) is 38.3 Å². The molecule has 0 bridgehead atoms. The van der Waals surface area contributed by atoms with E-state index in [9.17, 15) is 22.8 Å². The molecule has 0 aliphatic carbocycles. The van der Waals surface area contributed by atoms with Gasteiger partial charge in [-0.25, -0.2) is 0 Å². The van der Waals surface area contributed by atoms with Gasteiger partial charge in [0.05, 0.1) is 11.4 Å². The topological polar surface area (TPSA) is 121 Å². The summed E-state index contributed by atoms with van der Waals surface area (Å²) >= 11 is 0. The van der Waals surface area contributed by atoms with Crippen LogP contribution in [0.5, 0.6) is 11.5 Å². The molecule has 9 heteroatoms. The lowest BCUT2D eigenvalue weighted by Gasteiger charge is -2.17. The summed E-state index contributed by atoms with van der Waals surface area (Å²) in [5.74, 6) is 0.391. The first kappa shape index (κ1) is 22.6. The Morgan fingerprint density at radius 2 is 1.68 bits per heavy atom. The Kier molecular flexibility index (Phi) is 7.80. The third kappa shape index (κ3) is 7.73. The standard InChI is InChI=1S/C19H25O7PS/c1-2-4-16-5-3-6-18(13-16)26-17-10-7-15(8-11-17)9-12-19(27(20,21)22)14-28(23,24)25/h3,5-8,10-11,13,19H,2,4,9,12,14H2,1H3,(H2,20,21,22)(H,23,24,25). The van der Waals surface area contributed by atoms with Gasteiger partial charge < -0.3 is 14.5 Å². The molecule has 2 rings (SSSR count). The van der Waals surface area contributed by atoms with Crippen LogP contribution in [-0.2, 0) is 27.5 Å². The normalized spacial score (nSPS) is 13.3. The fourth-order valence-corrected chi connectivity index (χ4v) is 5.30. The monoisotopic (exact) mass is 428 g/mol. The Morgan fingerprint density at radius 3 is 2.25 bits per heavy atom. The van der Waals surface area contributed by atoms with Gasteiger partial charge in [-0.2, -0.15) is 8.42 Å². The average molecular weight is 428 g/mol. The van der Waals surface area contributed by atoms with Gasteiger partial charge >= 0.3 is 7.60 Å². The van der Waals surface area contributed by atoms with E-state index in [1.54, 1.807) is 24.3 Å². The first-order valence-corrected chi connectivity index (χ1v) is 12.2. The number of aryl methyl sites for hydroxylation is 2. The summed E-state index contributed by atoms with van der Waals surface area (Å²) in [5, 5.41) is 0. The zero-order chi connectivity index (χ0) is 20.8. The van der Waals surface area contributed by atoms with Crippen molar-refractivity contribution < 1.29 is 32.1 Å². The number of hydrogen-bond acceptors (Lipinski definition) is 4. The number of rotatable bonds is 10. The highest BCUT2D eigenvalue weighted by Gasteiger charge is 2.32. The molecule has 0 aliphatic rings. The van der Waals surface area contributed by atoms with E-state index in [-0.39, 0.29) is 12.8 Å². The second-order valence-corrected chi connectivity index (χ2v) is 10.1. The summed E-state index contributed by atoms with van der Waals surface area (Å²) in [6.07, 6.45) is 2.21. The van der Waals surface area contributed by atoms with Crippen molar-refractivity contribution in [1.29, 1.82) is 0 Å². The largest absolute Gasteiger partial charge is 0.457 e. The highest BCUT2D eigenvalue weighted by molar-refractivity contribution is 7.86. The zero-order valence-corrected chi connectivity index (χ0v) is 17.3. The molecule has 2 aromatic rings. The molecule has 3 N–H and O–H groups in total. The van der Waals surface area contributed by atoms with Crippen LogP contribution in [-0.4, -0.2) is 34.2 Å². The third-order valence-corrected chi connectivity index (χ3v) is 6.70. The first-order chi connectivity index (χ1) is 13.1. The van der Waals surface area contributed by atoms with Crippen molar-refractivity contribution in [3.05, 3.63) is 59.7 Å². The van der Waals surface area contributed by atoms with Crippen LogP contribution in [0.4, 0.5) is 0 Å². The summed E-state index contributed by atoms with van der Waals surface area (Å²) in [5.41, 5.74) is 0.527. The predicted octanol–water partition coefficient (Wildman–Crippen LogP) is 3.80. The maximum atomic E-state index is 11.5. The van der Waals surface area contributed by atoms with Gasteiger partial charge in [0.25, 0.3) is 10.1 Å². The van der Waals surface area contributed by atoms with Crippen molar-refractivity contribution in [3.63, 3.8) is 0 Å².